The summed E-state index contributed by atoms with van der Waals surface area (Å²) in [5.74, 6) is -1.74. The summed E-state index contributed by atoms with van der Waals surface area (Å²) in [5.41, 5.74) is 0.857. The topological polar surface area (TPSA) is 70.1 Å². The summed E-state index contributed by atoms with van der Waals surface area (Å²) in [6.45, 7) is 5.49. The highest BCUT2D eigenvalue weighted by Gasteiger charge is 2.32. The van der Waals surface area contributed by atoms with Crippen LogP contribution < -0.4 is 4.74 Å². The molecule has 6 nitrogen and oxygen atoms in total. The number of hydrogen-bond donors (Lipinski definition) is 1. The molecule has 2 aromatic rings. The number of carbonyl (C=O) groups excluding carboxylic acids is 1. The minimum Gasteiger partial charge on any atom is -0.481 e. The number of rotatable bonds is 6. The average molecular weight is 469 g/mol. The molecule has 2 aromatic carbocycles. The van der Waals surface area contributed by atoms with Gasteiger partial charge < -0.3 is 14.7 Å². The lowest BCUT2D eigenvalue weighted by Crippen LogP contribution is -2.58. The second kappa shape index (κ2) is 9.85. The van der Waals surface area contributed by atoms with Crippen molar-refractivity contribution in [1.29, 1.82) is 0 Å². The SMILES string of the molecule is C[C@@H]1CN(C(=O)COc2c(Cl)ccc(C(=O)O)c2Cl)[C@@H](C)CN1Cc1ccc(F)cc1. The predicted molar refractivity (Wildman–Crippen MR) is 116 cm³/mol. The van der Waals surface area contributed by atoms with E-state index in [1.54, 1.807) is 17.0 Å². The van der Waals surface area contributed by atoms with E-state index in [1.807, 2.05) is 13.8 Å². The molecule has 0 aromatic heterocycles. The number of halogens is 3. The molecule has 0 saturated carbocycles. The Kier molecular flexibility index (Phi) is 7.41. The molecule has 31 heavy (non-hydrogen) atoms. The molecule has 0 radical (unpaired) electrons. The van der Waals surface area contributed by atoms with Crippen molar-refractivity contribution in [3.8, 4) is 5.75 Å². The largest absolute Gasteiger partial charge is 0.481 e. The molecule has 9 heteroatoms. The maximum absolute atomic E-state index is 13.1. The first kappa shape index (κ1) is 23.3. The summed E-state index contributed by atoms with van der Waals surface area (Å²) < 4.78 is 18.7. The predicted octanol–water partition coefficient (Wildman–Crippen LogP) is 4.33. The fourth-order valence-electron chi connectivity index (χ4n) is 3.64. The number of ether oxygens (including phenoxy) is 1. The van der Waals surface area contributed by atoms with Crippen LogP contribution in [0.1, 0.15) is 29.8 Å². The van der Waals surface area contributed by atoms with E-state index in [4.69, 9.17) is 27.9 Å². The zero-order valence-corrected chi connectivity index (χ0v) is 18.7. The third-order valence-corrected chi connectivity index (χ3v) is 6.03. The number of carbonyl (C=O) groups is 2. The van der Waals surface area contributed by atoms with Crippen molar-refractivity contribution >= 4 is 35.1 Å². The van der Waals surface area contributed by atoms with E-state index < -0.39 is 5.97 Å². The van der Waals surface area contributed by atoms with Crippen molar-refractivity contribution in [2.45, 2.75) is 32.5 Å². The van der Waals surface area contributed by atoms with E-state index in [2.05, 4.69) is 4.90 Å². The van der Waals surface area contributed by atoms with Gasteiger partial charge in [0.05, 0.1) is 15.6 Å². The smallest absolute Gasteiger partial charge is 0.337 e. The lowest BCUT2D eigenvalue weighted by Gasteiger charge is -2.44. The summed E-state index contributed by atoms with van der Waals surface area (Å²) >= 11 is 12.2. The fraction of sp³-hybridized carbons (Fsp3) is 0.364. The highest BCUT2D eigenvalue weighted by Crippen LogP contribution is 2.35. The summed E-state index contributed by atoms with van der Waals surface area (Å²) in [6, 6.07) is 9.08. The van der Waals surface area contributed by atoms with E-state index in [0.717, 1.165) is 5.56 Å². The van der Waals surface area contributed by atoms with Crippen molar-refractivity contribution in [2.75, 3.05) is 19.7 Å². The van der Waals surface area contributed by atoms with Gasteiger partial charge in [-0.2, -0.15) is 0 Å². The highest BCUT2D eigenvalue weighted by molar-refractivity contribution is 6.39. The molecule has 0 bridgehead atoms. The Hall–Kier alpha value is -2.35. The van der Waals surface area contributed by atoms with Crippen LogP contribution in [0.2, 0.25) is 10.0 Å². The van der Waals surface area contributed by atoms with Gasteiger partial charge in [0.1, 0.15) is 5.82 Å². The molecule has 1 amide bonds. The molecule has 1 fully saturated rings. The zero-order valence-electron chi connectivity index (χ0n) is 17.1. The lowest BCUT2D eigenvalue weighted by molar-refractivity contribution is -0.139. The zero-order chi connectivity index (χ0) is 22.7. The average Bonchev–Trinajstić information content (AvgIpc) is 2.71. The van der Waals surface area contributed by atoms with Crippen LogP contribution in [0.3, 0.4) is 0 Å². The first-order valence-corrected chi connectivity index (χ1v) is 10.5. The molecule has 2 atom stereocenters. The molecule has 1 aliphatic rings. The third kappa shape index (κ3) is 5.47. The normalized spacial score (nSPS) is 19.3. The number of nitrogens with zero attached hydrogens (tertiary/aromatic N) is 2. The van der Waals surface area contributed by atoms with Gasteiger partial charge in [0.25, 0.3) is 5.91 Å². The number of hydrogen-bond acceptors (Lipinski definition) is 4. The summed E-state index contributed by atoms with van der Waals surface area (Å²) in [6.07, 6.45) is 0. The molecule has 1 aliphatic heterocycles. The number of amides is 1. The minimum atomic E-state index is -1.21. The summed E-state index contributed by atoms with van der Waals surface area (Å²) in [7, 11) is 0. The molecule has 1 heterocycles. The van der Waals surface area contributed by atoms with Gasteiger partial charge in [-0.3, -0.25) is 9.69 Å². The minimum absolute atomic E-state index is 0.0211. The quantitative estimate of drug-likeness (QED) is 0.682. The van der Waals surface area contributed by atoms with E-state index in [1.165, 1.54) is 24.3 Å². The van der Waals surface area contributed by atoms with Gasteiger partial charge in [0, 0.05) is 31.7 Å². The van der Waals surface area contributed by atoms with E-state index in [0.29, 0.717) is 19.6 Å². The molecule has 3 rings (SSSR count). The number of piperazine rings is 1. The molecule has 1 saturated heterocycles. The maximum atomic E-state index is 13.1. The van der Waals surface area contributed by atoms with Gasteiger partial charge >= 0.3 is 5.97 Å². The second-order valence-corrected chi connectivity index (χ2v) is 8.42. The third-order valence-electron chi connectivity index (χ3n) is 5.35. The van der Waals surface area contributed by atoms with Crippen molar-refractivity contribution in [3.63, 3.8) is 0 Å². The Morgan fingerprint density at radius 2 is 1.77 bits per heavy atom. The molecule has 166 valence electrons. The maximum Gasteiger partial charge on any atom is 0.337 e. The number of carboxylic acid groups (broad SMARTS) is 1. The number of carboxylic acids is 1. The van der Waals surface area contributed by atoms with Crippen molar-refractivity contribution in [1.82, 2.24) is 9.80 Å². The Labute approximate surface area is 190 Å². The van der Waals surface area contributed by atoms with Crippen LogP contribution in [-0.4, -0.2) is 58.6 Å². The molecule has 0 spiro atoms. The standard InChI is InChI=1S/C22H23Cl2FN2O4/c1-13-10-27(14(2)9-26(13)11-15-3-5-16(25)6-4-15)19(28)12-31-21-18(23)8-7-17(20(21)24)22(29)30/h3-8,13-14H,9-12H2,1-2H3,(H,29,30)/t13-,14+/m1/s1. The number of aromatic carboxylic acids is 1. The van der Waals surface area contributed by atoms with E-state index in [9.17, 15) is 19.1 Å². The van der Waals surface area contributed by atoms with Crippen molar-refractivity contribution in [2.24, 2.45) is 0 Å². The lowest BCUT2D eigenvalue weighted by atomic mass is 10.1. The van der Waals surface area contributed by atoms with Gasteiger partial charge in [-0.05, 0) is 43.7 Å². The first-order chi connectivity index (χ1) is 14.7. The van der Waals surface area contributed by atoms with Gasteiger partial charge in [-0.25, -0.2) is 9.18 Å². The van der Waals surface area contributed by atoms with Crippen LogP contribution >= 0.6 is 23.2 Å². The van der Waals surface area contributed by atoms with Crippen LogP contribution in [0, 0.1) is 5.82 Å². The monoisotopic (exact) mass is 468 g/mol. The Morgan fingerprint density at radius 1 is 1.10 bits per heavy atom. The molecule has 0 aliphatic carbocycles. The van der Waals surface area contributed by atoms with Gasteiger partial charge in [-0.15, -0.1) is 0 Å². The van der Waals surface area contributed by atoms with Crippen LogP contribution in [0.4, 0.5) is 4.39 Å². The number of benzene rings is 2. The van der Waals surface area contributed by atoms with Crippen LogP contribution in [0.25, 0.3) is 0 Å². The molecular formula is C22H23Cl2FN2O4. The first-order valence-electron chi connectivity index (χ1n) is 9.79. The molecule has 1 N–H and O–H groups in total. The Morgan fingerprint density at radius 3 is 2.42 bits per heavy atom. The summed E-state index contributed by atoms with van der Waals surface area (Å²) in [5, 5.41) is 9.18. The van der Waals surface area contributed by atoms with Gasteiger partial charge in [0.2, 0.25) is 0 Å². The van der Waals surface area contributed by atoms with Gasteiger partial charge in [-0.1, -0.05) is 35.3 Å². The van der Waals surface area contributed by atoms with Crippen LogP contribution in [0.15, 0.2) is 36.4 Å². The van der Waals surface area contributed by atoms with Crippen molar-refractivity contribution < 1.29 is 23.8 Å². The molecule has 0 unspecified atom stereocenters. The fourth-order valence-corrected chi connectivity index (χ4v) is 4.20. The van der Waals surface area contributed by atoms with Crippen LogP contribution in [-0.2, 0) is 11.3 Å². The highest BCUT2D eigenvalue weighted by atomic mass is 35.5. The van der Waals surface area contributed by atoms with E-state index in [-0.39, 0.29) is 51.8 Å². The molecular weight excluding hydrogens is 446 g/mol. The Balaban J connectivity index is 1.62. The van der Waals surface area contributed by atoms with Crippen LogP contribution in [0.5, 0.6) is 5.75 Å². The van der Waals surface area contributed by atoms with E-state index >= 15 is 0 Å². The Bertz CT molecular complexity index is 971. The van der Waals surface area contributed by atoms with Gasteiger partial charge in [0.15, 0.2) is 12.4 Å². The second-order valence-electron chi connectivity index (χ2n) is 7.63. The van der Waals surface area contributed by atoms with Crippen molar-refractivity contribution in [3.05, 3.63) is 63.4 Å². The summed E-state index contributed by atoms with van der Waals surface area (Å²) in [4.78, 5) is 28.0.